The number of nitrogens with zero attached hydrogens (tertiary/aromatic N) is 1. The zero-order valence-corrected chi connectivity index (χ0v) is 12.1. The van der Waals surface area contributed by atoms with Gasteiger partial charge in [0, 0.05) is 6.04 Å². The van der Waals surface area contributed by atoms with E-state index >= 15 is 0 Å². The molecule has 0 aliphatic heterocycles. The fourth-order valence-electron chi connectivity index (χ4n) is 1.89. The molecule has 1 aromatic carbocycles. The van der Waals surface area contributed by atoms with Crippen LogP contribution in [0.1, 0.15) is 31.9 Å². The van der Waals surface area contributed by atoms with Gasteiger partial charge in [-0.2, -0.15) is 12.6 Å². The van der Waals surface area contributed by atoms with Crippen molar-refractivity contribution < 1.29 is 4.74 Å². The van der Waals surface area contributed by atoms with Gasteiger partial charge in [-0.15, -0.1) is 0 Å². The highest BCUT2D eigenvalue weighted by molar-refractivity contribution is 7.80. The van der Waals surface area contributed by atoms with Crippen molar-refractivity contribution in [2.45, 2.75) is 32.4 Å². The highest BCUT2D eigenvalue weighted by Crippen LogP contribution is 2.24. The van der Waals surface area contributed by atoms with Crippen LogP contribution in [0.5, 0.6) is 5.75 Å². The number of benzene rings is 1. The molecular weight excluding hydrogens is 230 g/mol. The molecule has 0 N–H and O–H groups in total. The normalized spacial score (nSPS) is 13.1. The molecule has 1 rings (SSSR count). The zero-order valence-electron chi connectivity index (χ0n) is 11.2. The van der Waals surface area contributed by atoms with Crippen LogP contribution in [-0.2, 0) is 0 Å². The molecule has 0 saturated carbocycles. The lowest BCUT2D eigenvalue weighted by Gasteiger charge is -2.24. The lowest BCUT2D eigenvalue weighted by Crippen LogP contribution is -2.20. The minimum atomic E-state index is 0.225. The summed E-state index contributed by atoms with van der Waals surface area (Å²) < 4.78 is 5.64. The van der Waals surface area contributed by atoms with Crippen LogP contribution >= 0.6 is 12.6 Å². The Hall–Kier alpha value is -0.670. The molecule has 0 bridgehead atoms. The largest absolute Gasteiger partial charge is 0.491 e. The maximum atomic E-state index is 5.64. The Balaban J connectivity index is 2.77. The third kappa shape index (κ3) is 4.60. The Kier molecular flexibility index (Phi) is 5.86. The van der Waals surface area contributed by atoms with E-state index in [0.29, 0.717) is 6.04 Å². The van der Waals surface area contributed by atoms with Crippen molar-refractivity contribution in [1.82, 2.24) is 4.90 Å². The molecule has 0 amide bonds. The summed E-state index contributed by atoms with van der Waals surface area (Å²) in [4.78, 5) is 2.23. The molecule has 1 atom stereocenters. The van der Waals surface area contributed by atoms with E-state index in [2.05, 4.69) is 43.8 Å². The Labute approximate surface area is 110 Å². The summed E-state index contributed by atoms with van der Waals surface area (Å²) in [6.45, 7) is 4.08. The number of hydrogen-bond acceptors (Lipinski definition) is 3. The Morgan fingerprint density at radius 3 is 2.18 bits per heavy atom. The Bertz CT molecular complexity index is 321. The molecule has 0 aromatic heterocycles. The molecule has 0 aliphatic carbocycles. The van der Waals surface area contributed by atoms with Gasteiger partial charge < -0.3 is 9.64 Å². The van der Waals surface area contributed by atoms with Crippen molar-refractivity contribution in [3.63, 3.8) is 0 Å². The molecular formula is C14H23NOS. The summed E-state index contributed by atoms with van der Waals surface area (Å²) in [6, 6.07) is 8.81. The number of rotatable bonds is 6. The monoisotopic (exact) mass is 253 g/mol. The summed E-state index contributed by atoms with van der Waals surface area (Å²) in [6.07, 6.45) is 1.28. The average molecular weight is 253 g/mol. The van der Waals surface area contributed by atoms with Crippen LogP contribution in [0.3, 0.4) is 0 Å². The van der Waals surface area contributed by atoms with Crippen LogP contribution in [0, 0.1) is 0 Å². The lowest BCUT2D eigenvalue weighted by molar-refractivity contribution is 0.242. The molecule has 3 heteroatoms. The van der Waals surface area contributed by atoms with Crippen molar-refractivity contribution in [2.24, 2.45) is 0 Å². The van der Waals surface area contributed by atoms with Crippen LogP contribution in [0.4, 0.5) is 0 Å². The van der Waals surface area contributed by atoms with Gasteiger partial charge in [0.2, 0.25) is 0 Å². The summed E-state index contributed by atoms with van der Waals surface area (Å²) >= 11 is 4.32. The van der Waals surface area contributed by atoms with E-state index in [-0.39, 0.29) is 6.10 Å². The minimum absolute atomic E-state index is 0.225. The fraction of sp³-hybridized carbons (Fsp3) is 0.571. The quantitative estimate of drug-likeness (QED) is 0.780. The van der Waals surface area contributed by atoms with Crippen molar-refractivity contribution in [2.75, 3.05) is 19.8 Å². The summed E-state index contributed by atoms with van der Waals surface area (Å²) in [5.74, 6) is 1.83. The number of ether oxygens (including phenoxy) is 1. The molecule has 2 nitrogen and oxygen atoms in total. The van der Waals surface area contributed by atoms with Crippen LogP contribution in [0.25, 0.3) is 0 Å². The smallest absolute Gasteiger partial charge is 0.119 e. The van der Waals surface area contributed by atoms with Gasteiger partial charge in [0.25, 0.3) is 0 Å². The molecule has 96 valence electrons. The lowest BCUT2D eigenvalue weighted by atomic mass is 10.0. The first kappa shape index (κ1) is 14.4. The third-order valence-corrected chi connectivity index (χ3v) is 2.92. The molecule has 0 spiro atoms. The molecule has 0 fully saturated rings. The predicted molar refractivity (Wildman–Crippen MR) is 77.1 cm³/mol. The first-order valence-electron chi connectivity index (χ1n) is 6.08. The van der Waals surface area contributed by atoms with Crippen LogP contribution < -0.4 is 4.74 Å². The Morgan fingerprint density at radius 1 is 1.18 bits per heavy atom. The van der Waals surface area contributed by atoms with Crippen LogP contribution in [-0.4, -0.2) is 30.9 Å². The third-order valence-electron chi connectivity index (χ3n) is 2.66. The van der Waals surface area contributed by atoms with Gasteiger partial charge in [0.05, 0.1) is 6.10 Å². The molecule has 1 aromatic rings. The second-order valence-corrected chi connectivity index (χ2v) is 5.17. The van der Waals surface area contributed by atoms with Gasteiger partial charge in [-0.1, -0.05) is 12.1 Å². The van der Waals surface area contributed by atoms with Gasteiger partial charge >= 0.3 is 0 Å². The minimum Gasteiger partial charge on any atom is -0.491 e. The van der Waals surface area contributed by atoms with E-state index in [9.17, 15) is 0 Å². The Morgan fingerprint density at radius 2 is 1.76 bits per heavy atom. The first-order chi connectivity index (χ1) is 8.04. The van der Waals surface area contributed by atoms with Crippen molar-refractivity contribution in [3.8, 4) is 5.75 Å². The summed E-state index contributed by atoms with van der Waals surface area (Å²) in [5, 5.41) is 0. The van der Waals surface area contributed by atoms with Crippen LogP contribution in [0.2, 0.25) is 0 Å². The van der Waals surface area contributed by atoms with E-state index in [1.165, 1.54) is 5.56 Å². The van der Waals surface area contributed by atoms with Crippen molar-refractivity contribution in [1.29, 1.82) is 0 Å². The molecule has 0 heterocycles. The molecule has 0 saturated heterocycles. The highest BCUT2D eigenvalue weighted by atomic mass is 32.1. The van der Waals surface area contributed by atoms with E-state index < -0.39 is 0 Å². The maximum absolute atomic E-state index is 5.64. The van der Waals surface area contributed by atoms with E-state index in [1.54, 1.807) is 0 Å². The van der Waals surface area contributed by atoms with Gasteiger partial charge in [0.15, 0.2) is 0 Å². The average Bonchev–Trinajstić information content (AvgIpc) is 2.26. The van der Waals surface area contributed by atoms with Gasteiger partial charge in [-0.05, 0) is 57.8 Å². The topological polar surface area (TPSA) is 12.5 Å². The van der Waals surface area contributed by atoms with Crippen molar-refractivity contribution >= 4 is 12.6 Å². The number of hydrogen-bond donors (Lipinski definition) is 1. The standard InChI is InChI=1S/C14H23NOS/c1-11(2)16-13-7-5-12(6-8-13)14(9-10-17)15(3)4/h5-8,11,14,17H,9-10H2,1-4H3. The van der Waals surface area contributed by atoms with Gasteiger partial charge in [0.1, 0.15) is 5.75 Å². The second-order valence-electron chi connectivity index (χ2n) is 4.73. The molecule has 0 aliphatic rings. The van der Waals surface area contributed by atoms with Crippen molar-refractivity contribution in [3.05, 3.63) is 29.8 Å². The fourth-order valence-corrected chi connectivity index (χ4v) is 2.13. The summed E-state index contributed by atoms with van der Waals surface area (Å²) in [5.41, 5.74) is 1.32. The molecule has 0 radical (unpaired) electrons. The second kappa shape index (κ2) is 6.92. The molecule has 17 heavy (non-hydrogen) atoms. The van der Waals surface area contributed by atoms with Crippen LogP contribution in [0.15, 0.2) is 24.3 Å². The molecule has 1 unspecified atom stereocenters. The predicted octanol–water partition coefficient (Wildman–Crippen LogP) is 3.40. The van der Waals surface area contributed by atoms with E-state index in [4.69, 9.17) is 4.74 Å². The maximum Gasteiger partial charge on any atom is 0.119 e. The highest BCUT2D eigenvalue weighted by Gasteiger charge is 2.12. The summed E-state index contributed by atoms with van der Waals surface area (Å²) in [7, 11) is 4.21. The van der Waals surface area contributed by atoms with E-state index in [1.807, 2.05) is 26.0 Å². The SMILES string of the molecule is CC(C)Oc1ccc(C(CCS)N(C)C)cc1. The van der Waals surface area contributed by atoms with Gasteiger partial charge in [-0.25, -0.2) is 0 Å². The van der Waals surface area contributed by atoms with E-state index in [0.717, 1.165) is 17.9 Å². The van der Waals surface area contributed by atoms with Gasteiger partial charge in [-0.3, -0.25) is 0 Å². The zero-order chi connectivity index (χ0) is 12.8. The first-order valence-corrected chi connectivity index (χ1v) is 6.71. The number of thiol groups is 1.